The summed E-state index contributed by atoms with van der Waals surface area (Å²) in [6.07, 6.45) is 3.65. The van der Waals surface area contributed by atoms with Gasteiger partial charge in [0.25, 0.3) is 0 Å². The molecule has 3 rings (SSSR count). The average Bonchev–Trinajstić information content (AvgIpc) is 3.34. The van der Waals surface area contributed by atoms with Gasteiger partial charge in [0.2, 0.25) is 5.91 Å². The first kappa shape index (κ1) is 28.5. The van der Waals surface area contributed by atoms with E-state index in [1.54, 1.807) is 4.90 Å². The lowest BCUT2D eigenvalue weighted by atomic mass is 9.73. The summed E-state index contributed by atoms with van der Waals surface area (Å²) in [5.41, 5.74) is -0.590. The largest absolute Gasteiger partial charge is 0.482 e. The summed E-state index contributed by atoms with van der Waals surface area (Å²) in [5, 5.41) is 0. The van der Waals surface area contributed by atoms with Crippen molar-refractivity contribution < 1.29 is 23.6 Å². The Kier molecular flexibility index (Phi) is 8.82. The van der Waals surface area contributed by atoms with Gasteiger partial charge in [-0.2, -0.15) is 0 Å². The average molecular weight is 500 g/mol. The molecule has 2 heterocycles. The summed E-state index contributed by atoms with van der Waals surface area (Å²) in [4.78, 5) is 30.8. The van der Waals surface area contributed by atoms with E-state index in [1.807, 2.05) is 83.7 Å². The first-order valence-corrected chi connectivity index (χ1v) is 13.5. The van der Waals surface area contributed by atoms with Crippen LogP contribution in [0.5, 0.6) is 0 Å². The number of carbonyl (C=O) groups excluding carboxylic acids is 2. The number of hydrogen-bond acceptors (Lipinski definition) is 5. The normalized spacial score (nSPS) is 21.9. The number of unbranched alkanes of at least 4 members (excludes halogenated alkanes) is 1. The molecule has 36 heavy (non-hydrogen) atoms. The summed E-state index contributed by atoms with van der Waals surface area (Å²) in [7, 11) is -0.550. The number of hydrogen-bond donors (Lipinski definition) is 0. The standard InChI is InChI=1S/C28H45BN2O5/c1-9-10-18-23(29-35-27(5,6)28(7,8)36-29)31(20-21-15-12-11-13-16-21)24(32)22-17-14-19-30(22)25(33)34-26(2,3)4/h11-13,15-16,22-23H,9-10,14,17-20H2,1-8H3/t22-,23?/m0/s1. The molecule has 1 aromatic carbocycles. The number of amides is 2. The van der Waals surface area contributed by atoms with Gasteiger partial charge in [-0.25, -0.2) is 4.79 Å². The maximum absolute atomic E-state index is 14.3. The van der Waals surface area contributed by atoms with E-state index in [1.165, 1.54) is 0 Å². The van der Waals surface area contributed by atoms with Gasteiger partial charge in [0.05, 0.1) is 17.1 Å². The first-order chi connectivity index (χ1) is 16.8. The van der Waals surface area contributed by atoms with Crippen molar-refractivity contribution in [2.24, 2.45) is 0 Å². The van der Waals surface area contributed by atoms with Crippen LogP contribution in [-0.2, 0) is 25.4 Å². The minimum Gasteiger partial charge on any atom is -0.444 e. The molecule has 0 aromatic heterocycles. The number of ether oxygens (including phenoxy) is 1. The molecule has 2 atom stereocenters. The SMILES string of the molecule is CCCCC(B1OC(C)(C)C(C)(C)O1)N(Cc1ccccc1)C(=O)[C@@H]1CCCN1C(=O)OC(C)(C)C. The maximum Gasteiger partial charge on any atom is 0.482 e. The van der Waals surface area contributed by atoms with Gasteiger partial charge in [0, 0.05) is 13.1 Å². The van der Waals surface area contributed by atoms with Crippen molar-refractivity contribution >= 4 is 19.1 Å². The molecule has 200 valence electrons. The van der Waals surface area contributed by atoms with E-state index in [0.717, 1.165) is 31.2 Å². The van der Waals surface area contributed by atoms with E-state index in [-0.39, 0.29) is 11.8 Å². The van der Waals surface area contributed by atoms with Crippen molar-refractivity contribution in [3.8, 4) is 0 Å². The van der Waals surface area contributed by atoms with Crippen molar-refractivity contribution in [2.75, 3.05) is 6.54 Å². The molecule has 2 amide bonds. The Hall–Kier alpha value is -2.06. The lowest BCUT2D eigenvalue weighted by Crippen LogP contribution is -2.56. The predicted octanol–water partition coefficient (Wildman–Crippen LogP) is 5.60. The highest BCUT2D eigenvalue weighted by Crippen LogP contribution is 2.39. The van der Waals surface area contributed by atoms with E-state index in [2.05, 4.69) is 6.92 Å². The maximum atomic E-state index is 14.3. The van der Waals surface area contributed by atoms with Gasteiger partial charge in [-0.05, 0) is 73.3 Å². The fraction of sp³-hybridized carbons (Fsp3) is 0.714. The van der Waals surface area contributed by atoms with Crippen LogP contribution in [-0.4, -0.2) is 64.2 Å². The Morgan fingerprint density at radius 1 is 1.14 bits per heavy atom. The van der Waals surface area contributed by atoms with Crippen molar-refractivity contribution in [1.82, 2.24) is 9.80 Å². The Bertz CT molecular complexity index is 883. The molecule has 2 aliphatic heterocycles. The van der Waals surface area contributed by atoms with Crippen LogP contribution >= 0.6 is 0 Å². The van der Waals surface area contributed by atoms with Crippen LogP contribution in [0.4, 0.5) is 4.79 Å². The number of likely N-dealkylation sites (tertiary alicyclic amines) is 1. The van der Waals surface area contributed by atoms with E-state index >= 15 is 0 Å². The van der Waals surface area contributed by atoms with Crippen LogP contribution in [0, 0.1) is 0 Å². The Labute approximate surface area is 218 Å². The molecule has 8 heteroatoms. The second-order valence-corrected chi connectivity index (χ2v) is 12.1. The third-order valence-electron chi connectivity index (χ3n) is 7.48. The third kappa shape index (κ3) is 6.63. The smallest absolute Gasteiger partial charge is 0.444 e. The van der Waals surface area contributed by atoms with Crippen molar-refractivity contribution in [3.63, 3.8) is 0 Å². The molecule has 1 unspecified atom stereocenters. The summed E-state index contributed by atoms with van der Waals surface area (Å²) in [6, 6.07) is 9.44. The van der Waals surface area contributed by atoms with Gasteiger partial charge in [-0.3, -0.25) is 9.69 Å². The third-order valence-corrected chi connectivity index (χ3v) is 7.48. The van der Waals surface area contributed by atoms with Gasteiger partial charge in [-0.15, -0.1) is 0 Å². The lowest BCUT2D eigenvalue weighted by molar-refractivity contribution is -0.138. The van der Waals surface area contributed by atoms with Crippen molar-refractivity contribution in [1.29, 1.82) is 0 Å². The molecule has 2 fully saturated rings. The highest BCUT2D eigenvalue weighted by atomic mass is 16.7. The van der Waals surface area contributed by atoms with Crippen LogP contribution in [0.2, 0.25) is 0 Å². The van der Waals surface area contributed by atoms with Gasteiger partial charge in [-0.1, -0.05) is 50.1 Å². The van der Waals surface area contributed by atoms with E-state index in [9.17, 15) is 9.59 Å². The lowest BCUT2D eigenvalue weighted by Gasteiger charge is -2.37. The molecular formula is C28H45BN2O5. The first-order valence-electron chi connectivity index (χ1n) is 13.5. The number of nitrogens with zero attached hydrogens (tertiary/aromatic N) is 2. The minimum atomic E-state index is -0.622. The second kappa shape index (κ2) is 11.1. The molecule has 0 bridgehead atoms. The number of benzene rings is 1. The highest BCUT2D eigenvalue weighted by Gasteiger charge is 2.56. The molecule has 2 aliphatic rings. The topological polar surface area (TPSA) is 68.3 Å². The molecule has 0 N–H and O–H groups in total. The molecule has 0 aliphatic carbocycles. The van der Waals surface area contributed by atoms with Gasteiger partial charge in [0.1, 0.15) is 11.6 Å². The van der Waals surface area contributed by atoms with Gasteiger partial charge < -0.3 is 18.9 Å². The summed E-state index contributed by atoms with van der Waals surface area (Å²) in [5.74, 6) is -0.349. The Morgan fingerprint density at radius 2 is 1.75 bits per heavy atom. The summed E-state index contributed by atoms with van der Waals surface area (Å²) >= 11 is 0. The molecule has 0 radical (unpaired) electrons. The van der Waals surface area contributed by atoms with Crippen LogP contribution < -0.4 is 0 Å². The molecule has 0 spiro atoms. The Morgan fingerprint density at radius 3 is 2.31 bits per heavy atom. The van der Waals surface area contributed by atoms with Gasteiger partial charge >= 0.3 is 13.2 Å². The van der Waals surface area contributed by atoms with Crippen LogP contribution in [0.1, 0.15) is 93.1 Å². The highest BCUT2D eigenvalue weighted by molar-refractivity contribution is 6.48. The van der Waals surface area contributed by atoms with Crippen molar-refractivity contribution in [2.45, 2.75) is 123 Å². The van der Waals surface area contributed by atoms with Crippen molar-refractivity contribution in [3.05, 3.63) is 35.9 Å². The molecule has 2 saturated heterocycles. The predicted molar refractivity (Wildman–Crippen MR) is 142 cm³/mol. The minimum absolute atomic E-state index is 0.0713. The van der Waals surface area contributed by atoms with Crippen LogP contribution in [0.25, 0.3) is 0 Å². The quantitative estimate of drug-likeness (QED) is 0.435. The molecule has 7 nitrogen and oxygen atoms in total. The fourth-order valence-electron chi connectivity index (χ4n) is 4.79. The number of rotatable bonds is 8. The zero-order valence-electron chi connectivity index (χ0n) is 23.5. The molecule has 0 saturated carbocycles. The second-order valence-electron chi connectivity index (χ2n) is 12.1. The van der Waals surface area contributed by atoms with E-state index in [0.29, 0.717) is 19.5 Å². The van der Waals surface area contributed by atoms with E-state index < -0.39 is 36.1 Å². The van der Waals surface area contributed by atoms with Crippen LogP contribution in [0.3, 0.4) is 0 Å². The summed E-state index contributed by atoms with van der Waals surface area (Å²) < 4.78 is 18.6. The zero-order chi connectivity index (χ0) is 26.7. The molecular weight excluding hydrogens is 455 g/mol. The number of carbonyl (C=O) groups is 2. The zero-order valence-corrected chi connectivity index (χ0v) is 23.5. The monoisotopic (exact) mass is 500 g/mol. The Balaban J connectivity index is 1.95. The van der Waals surface area contributed by atoms with Gasteiger partial charge in [0.15, 0.2) is 0 Å². The molecule has 1 aromatic rings. The summed E-state index contributed by atoms with van der Waals surface area (Å²) in [6.45, 7) is 16.8. The van der Waals surface area contributed by atoms with Crippen LogP contribution in [0.15, 0.2) is 30.3 Å². The fourth-order valence-corrected chi connectivity index (χ4v) is 4.79. The van der Waals surface area contributed by atoms with E-state index in [4.69, 9.17) is 14.0 Å².